The van der Waals surface area contributed by atoms with E-state index < -0.39 is 11.6 Å². The number of carbonyl (C=O) groups excluding carboxylic acids is 1. The maximum atomic E-state index is 13.1. The summed E-state index contributed by atoms with van der Waals surface area (Å²) < 4.78 is 11.3. The van der Waals surface area contributed by atoms with E-state index in [-0.39, 0.29) is 11.8 Å². The molecule has 1 unspecified atom stereocenters. The Morgan fingerprint density at radius 1 is 1.17 bits per heavy atom. The zero-order valence-corrected chi connectivity index (χ0v) is 16.7. The molecule has 2 aliphatic rings. The summed E-state index contributed by atoms with van der Waals surface area (Å²) in [7, 11) is 1.57. The van der Waals surface area contributed by atoms with Gasteiger partial charge in [-0.15, -0.1) is 0 Å². The van der Waals surface area contributed by atoms with Crippen molar-refractivity contribution in [1.29, 1.82) is 0 Å². The van der Waals surface area contributed by atoms with E-state index in [2.05, 4.69) is 16.6 Å². The Morgan fingerprint density at radius 3 is 2.55 bits per heavy atom. The molecule has 4 rings (SSSR count). The van der Waals surface area contributed by atoms with Gasteiger partial charge in [0.15, 0.2) is 5.60 Å². The molecule has 2 aromatic carbocycles. The van der Waals surface area contributed by atoms with Crippen LogP contribution in [0.5, 0.6) is 5.75 Å². The van der Waals surface area contributed by atoms with Gasteiger partial charge in [-0.1, -0.05) is 37.3 Å². The number of benzene rings is 2. The highest BCUT2D eigenvalue weighted by Crippen LogP contribution is 2.47. The molecule has 29 heavy (non-hydrogen) atoms. The maximum Gasteiger partial charge on any atom is 0.423 e. The lowest BCUT2D eigenvalue weighted by atomic mass is 9.71. The van der Waals surface area contributed by atoms with E-state index in [1.54, 1.807) is 31.4 Å². The molecule has 0 radical (unpaired) electrons. The first-order valence-electron chi connectivity index (χ1n) is 9.97. The van der Waals surface area contributed by atoms with Crippen molar-refractivity contribution in [2.75, 3.05) is 20.2 Å². The molecule has 0 aromatic heterocycles. The molecule has 6 nitrogen and oxygen atoms in total. The molecule has 3 atom stereocenters. The minimum atomic E-state index is -0.727. The quantitative estimate of drug-likeness (QED) is 0.339. The number of piperidine rings is 1. The van der Waals surface area contributed by atoms with Gasteiger partial charge in [0.25, 0.3) is 0 Å². The number of hydrogen-bond acceptors (Lipinski definition) is 4. The Bertz CT molecular complexity index is 938. The first kappa shape index (κ1) is 19.4. The topological polar surface area (TPSA) is 75.2 Å². The molecule has 0 saturated carbocycles. The minimum absolute atomic E-state index is 0.106. The Labute approximate surface area is 170 Å². The molecular weight excluding hydrogens is 366 g/mol. The zero-order valence-electron chi connectivity index (χ0n) is 16.7. The molecule has 0 N–H and O–H groups in total. The third-order valence-corrected chi connectivity index (χ3v) is 6.15. The van der Waals surface area contributed by atoms with Crippen LogP contribution in [0.1, 0.15) is 30.9 Å². The number of carbonyl (C=O) groups is 1. The van der Waals surface area contributed by atoms with Crippen molar-refractivity contribution in [3.05, 3.63) is 71.3 Å². The van der Waals surface area contributed by atoms with Gasteiger partial charge in [-0.2, -0.15) is 4.79 Å². The summed E-state index contributed by atoms with van der Waals surface area (Å²) in [5, 5.41) is 0. The van der Waals surface area contributed by atoms with E-state index in [1.807, 2.05) is 30.3 Å². The van der Waals surface area contributed by atoms with Gasteiger partial charge in [-0.3, -0.25) is 4.90 Å². The predicted octanol–water partition coefficient (Wildman–Crippen LogP) is 3.27. The molecule has 2 heterocycles. The van der Waals surface area contributed by atoms with Crippen LogP contribution in [-0.4, -0.2) is 47.6 Å². The molecule has 0 bridgehead atoms. The predicted molar refractivity (Wildman–Crippen MR) is 109 cm³/mol. The Balaban J connectivity index is 1.64. The van der Waals surface area contributed by atoms with Gasteiger partial charge in [0, 0.05) is 6.54 Å². The van der Waals surface area contributed by atoms with E-state index in [4.69, 9.17) is 9.47 Å². The fraction of sp³-hybridized carbons (Fsp3) is 0.391. The van der Waals surface area contributed by atoms with Gasteiger partial charge < -0.3 is 15.0 Å². The Kier molecular flexibility index (Phi) is 5.22. The number of hydrogen-bond donors (Lipinski definition) is 0. The molecule has 2 aliphatic heterocycles. The molecule has 0 amide bonds. The summed E-state index contributed by atoms with van der Waals surface area (Å²) in [6.45, 7) is 3.91. The molecule has 0 aliphatic carbocycles. The van der Waals surface area contributed by atoms with Crippen molar-refractivity contribution in [1.82, 2.24) is 4.90 Å². The van der Waals surface area contributed by atoms with E-state index in [0.29, 0.717) is 23.8 Å². The zero-order chi connectivity index (χ0) is 20.4. The highest BCUT2D eigenvalue weighted by molar-refractivity contribution is 6.40. The summed E-state index contributed by atoms with van der Waals surface area (Å²) >= 11 is 0. The van der Waals surface area contributed by atoms with Crippen molar-refractivity contribution in [2.24, 2.45) is 5.92 Å². The fourth-order valence-electron chi connectivity index (χ4n) is 4.50. The lowest BCUT2D eigenvalue weighted by Crippen LogP contribution is -2.71. The second-order valence-corrected chi connectivity index (χ2v) is 7.94. The lowest BCUT2D eigenvalue weighted by Gasteiger charge is -2.59. The van der Waals surface area contributed by atoms with Crippen LogP contribution in [-0.2, 0) is 15.1 Å². The Hall–Kier alpha value is -2.95. The largest absolute Gasteiger partial charge is 0.497 e. The van der Waals surface area contributed by atoms with E-state index in [0.717, 1.165) is 24.9 Å². The SMILES string of the molecule is COc1ccc(C(=[N+]=[N-])C(=O)O[C@@]2(c3ccccc3)CN3CCC(C)C[C@H]32)cc1. The fourth-order valence-corrected chi connectivity index (χ4v) is 4.50. The van der Waals surface area contributed by atoms with Gasteiger partial charge in [0.2, 0.25) is 0 Å². The maximum absolute atomic E-state index is 13.1. The molecule has 150 valence electrons. The highest BCUT2D eigenvalue weighted by Gasteiger charge is 2.58. The standard InChI is InChI=1S/C23H25N3O3/c1-16-12-13-26-15-23(20(26)14-16,18-6-4-3-5-7-18)29-22(27)21(25-24)17-8-10-19(28-2)11-9-17/h3-11,16,20H,12-15H2,1-2H3/t16?,20-,23+/m0/s1. The molecule has 6 heteroatoms. The number of ether oxygens (including phenoxy) is 2. The van der Waals surface area contributed by atoms with E-state index in [9.17, 15) is 10.3 Å². The molecule has 2 aromatic rings. The Morgan fingerprint density at radius 2 is 1.90 bits per heavy atom. The molecule has 0 spiro atoms. The van der Waals surface area contributed by atoms with Crippen molar-refractivity contribution < 1.29 is 19.1 Å². The number of rotatable bonds is 5. The number of fused-ring (bicyclic) bond motifs is 1. The summed E-state index contributed by atoms with van der Waals surface area (Å²) in [6, 6.07) is 16.8. The lowest BCUT2D eigenvalue weighted by molar-refractivity contribution is -0.211. The highest BCUT2D eigenvalue weighted by atomic mass is 16.6. The number of nitrogens with zero attached hydrogens (tertiary/aromatic N) is 3. The van der Waals surface area contributed by atoms with Gasteiger partial charge in [-0.05, 0) is 55.1 Å². The first-order chi connectivity index (χ1) is 14.1. The molecular formula is C23H25N3O3. The van der Waals surface area contributed by atoms with Crippen LogP contribution in [0.3, 0.4) is 0 Å². The first-order valence-corrected chi connectivity index (χ1v) is 9.97. The summed E-state index contributed by atoms with van der Waals surface area (Å²) in [5.74, 6) is 0.608. The van der Waals surface area contributed by atoms with Crippen LogP contribution in [0.15, 0.2) is 54.6 Å². The van der Waals surface area contributed by atoms with Crippen molar-refractivity contribution in [2.45, 2.75) is 31.4 Å². The van der Waals surface area contributed by atoms with Crippen molar-refractivity contribution in [3.63, 3.8) is 0 Å². The van der Waals surface area contributed by atoms with Crippen LogP contribution >= 0.6 is 0 Å². The normalized spacial score (nSPS) is 25.9. The van der Waals surface area contributed by atoms with Crippen LogP contribution in [0.2, 0.25) is 0 Å². The summed E-state index contributed by atoms with van der Waals surface area (Å²) in [5.41, 5.74) is 10.2. The number of esters is 1. The van der Waals surface area contributed by atoms with E-state index in [1.165, 1.54) is 0 Å². The van der Waals surface area contributed by atoms with Gasteiger partial charge >= 0.3 is 11.7 Å². The van der Waals surface area contributed by atoms with Crippen LogP contribution in [0.25, 0.3) is 5.53 Å². The second kappa shape index (κ2) is 7.82. The molecule has 2 saturated heterocycles. The second-order valence-electron chi connectivity index (χ2n) is 7.94. The summed E-state index contributed by atoms with van der Waals surface area (Å²) in [6.07, 6.45) is 2.13. The van der Waals surface area contributed by atoms with Crippen LogP contribution in [0.4, 0.5) is 0 Å². The van der Waals surface area contributed by atoms with Crippen LogP contribution < -0.4 is 4.74 Å². The summed E-state index contributed by atoms with van der Waals surface area (Å²) in [4.78, 5) is 18.7. The van der Waals surface area contributed by atoms with Gasteiger partial charge in [0.1, 0.15) is 5.75 Å². The van der Waals surface area contributed by atoms with Gasteiger partial charge in [-0.25, -0.2) is 4.79 Å². The van der Waals surface area contributed by atoms with Crippen LogP contribution in [0, 0.1) is 5.92 Å². The monoisotopic (exact) mass is 391 g/mol. The van der Waals surface area contributed by atoms with Crippen molar-refractivity contribution in [3.8, 4) is 5.75 Å². The third-order valence-electron chi connectivity index (χ3n) is 6.15. The molecule has 2 fully saturated rings. The van der Waals surface area contributed by atoms with E-state index >= 15 is 0 Å². The average molecular weight is 391 g/mol. The van der Waals surface area contributed by atoms with Gasteiger partial charge in [0.05, 0.1) is 18.7 Å². The number of methoxy groups -OCH3 is 1. The third kappa shape index (κ3) is 3.46. The van der Waals surface area contributed by atoms with Crippen molar-refractivity contribution >= 4 is 11.7 Å². The average Bonchev–Trinajstić information content (AvgIpc) is 2.75. The smallest absolute Gasteiger partial charge is 0.423 e. The minimum Gasteiger partial charge on any atom is -0.497 e.